The standard InChI is InChI=1S/C23H21F2N3O3/c1-13(17-12-26-22(30)16-11-19(25)18(24)10-15(16)17)28(7-4-8-29)23(31)21-9-14-5-2-3-6-20(14)27-21/h2-3,5-6,9-13,27,29H,4,7-8H2,1H3,(H,26,30)/t13-/m0/s1. The number of carbonyl (C=O) groups is 1. The summed E-state index contributed by atoms with van der Waals surface area (Å²) in [5.41, 5.74) is 1.11. The fourth-order valence-corrected chi connectivity index (χ4v) is 3.84. The van der Waals surface area contributed by atoms with Gasteiger partial charge in [0.25, 0.3) is 11.5 Å². The summed E-state index contributed by atoms with van der Waals surface area (Å²) < 4.78 is 27.7. The van der Waals surface area contributed by atoms with Gasteiger partial charge in [0.15, 0.2) is 11.6 Å². The minimum absolute atomic E-state index is 0.00317. The van der Waals surface area contributed by atoms with Crippen molar-refractivity contribution in [2.24, 2.45) is 0 Å². The summed E-state index contributed by atoms with van der Waals surface area (Å²) >= 11 is 0. The Kier molecular flexibility index (Phi) is 5.56. The maximum Gasteiger partial charge on any atom is 0.270 e. The highest BCUT2D eigenvalue weighted by Crippen LogP contribution is 2.29. The molecule has 0 unspecified atom stereocenters. The van der Waals surface area contributed by atoms with Crippen molar-refractivity contribution in [1.82, 2.24) is 14.9 Å². The minimum atomic E-state index is -1.12. The zero-order valence-electron chi connectivity index (χ0n) is 16.8. The predicted molar refractivity (Wildman–Crippen MR) is 114 cm³/mol. The molecule has 1 amide bonds. The van der Waals surface area contributed by atoms with Gasteiger partial charge < -0.3 is 20.0 Å². The van der Waals surface area contributed by atoms with Crippen LogP contribution in [0.25, 0.3) is 21.7 Å². The van der Waals surface area contributed by atoms with Crippen LogP contribution in [0.5, 0.6) is 0 Å². The minimum Gasteiger partial charge on any atom is -0.396 e. The maximum atomic E-state index is 14.0. The van der Waals surface area contributed by atoms with Gasteiger partial charge in [0, 0.05) is 30.3 Å². The van der Waals surface area contributed by atoms with E-state index >= 15 is 0 Å². The van der Waals surface area contributed by atoms with Gasteiger partial charge in [-0.05, 0) is 48.6 Å². The Bertz CT molecular complexity index is 1300. The van der Waals surface area contributed by atoms with Crippen LogP contribution in [0.3, 0.4) is 0 Å². The van der Waals surface area contributed by atoms with Crippen LogP contribution in [-0.4, -0.2) is 39.0 Å². The quantitative estimate of drug-likeness (QED) is 0.438. The van der Waals surface area contributed by atoms with Crippen molar-refractivity contribution in [3.05, 3.63) is 81.9 Å². The molecule has 0 fully saturated rings. The fraction of sp³-hybridized carbons (Fsp3) is 0.217. The van der Waals surface area contributed by atoms with Crippen molar-refractivity contribution in [1.29, 1.82) is 0 Å². The Hall–Kier alpha value is -3.52. The number of nitrogens with zero attached hydrogens (tertiary/aromatic N) is 1. The van der Waals surface area contributed by atoms with Crippen LogP contribution >= 0.6 is 0 Å². The van der Waals surface area contributed by atoms with Crippen molar-refractivity contribution >= 4 is 27.6 Å². The first-order chi connectivity index (χ1) is 14.9. The van der Waals surface area contributed by atoms with Crippen molar-refractivity contribution in [3.8, 4) is 0 Å². The largest absolute Gasteiger partial charge is 0.396 e. The molecule has 0 saturated carbocycles. The molecular weight excluding hydrogens is 404 g/mol. The number of rotatable bonds is 6. The molecule has 4 aromatic rings. The molecule has 4 rings (SSSR count). The van der Waals surface area contributed by atoms with Gasteiger partial charge in [-0.25, -0.2) is 8.78 Å². The first-order valence-electron chi connectivity index (χ1n) is 9.90. The lowest BCUT2D eigenvalue weighted by atomic mass is 10.0. The molecule has 160 valence electrons. The van der Waals surface area contributed by atoms with Crippen molar-refractivity contribution < 1.29 is 18.7 Å². The van der Waals surface area contributed by atoms with Gasteiger partial charge in [0.2, 0.25) is 0 Å². The zero-order chi connectivity index (χ0) is 22.1. The first kappa shape index (κ1) is 20.7. The molecule has 1 atom stereocenters. The summed E-state index contributed by atoms with van der Waals surface area (Å²) in [6, 6.07) is 10.5. The maximum absolute atomic E-state index is 14.0. The van der Waals surface area contributed by atoms with Crippen LogP contribution in [0, 0.1) is 11.6 Å². The van der Waals surface area contributed by atoms with Gasteiger partial charge in [0.1, 0.15) is 5.69 Å². The SMILES string of the molecule is C[C@@H](c1c[nH]c(=O)c2cc(F)c(F)cc12)N(CCCO)C(=O)c1cc2ccccc2[nH]1. The lowest BCUT2D eigenvalue weighted by Crippen LogP contribution is -2.35. The number of para-hydroxylation sites is 1. The van der Waals surface area contributed by atoms with E-state index in [-0.39, 0.29) is 29.8 Å². The van der Waals surface area contributed by atoms with E-state index in [2.05, 4.69) is 9.97 Å². The van der Waals surface area contributed by atoms with Crippen molar-refractivity contribution in [3.63, 3.8) is 0 Å². The molecule has 0 spiro atoms. The lowest BCUT2D eigenvalue weighted by molar-refractivity contribution is 0.0673. The molecule has 0 aliphatic carbocycles. The smallest absolute Gasteiger partial charge is 0.270 e. The molecule has 0 radical (unpaired) electrons. The number of fused-ring (bicyclic) bond motifs is 2. The molecule has 2 aromatic heterocycles. The average Bonchev–Trinajstić information content (AvgIpc) is 3.20. The summed E-state index contributed by atoms with van der Waals surface area (Å²) in [6.07, 6.45) is 1.75. The monoisotopic (exact) mass is 425 g/mol. The molecule has 0 bridgehead atoms. The fourth-order valence-electron chi connectivity index (χ4n) is 3.84. The molecule has 0 aliphatic heterocycles. The van der Waals surface area contributed by atoms with Crippen molar-refractivity contribution in [2.45, 2.75) is 19.4 Å². The molecule has 2 aromatic carbocycles. The summed E-state index contributed by atoms with van der Waals surface area (Å²) in [6.45, 7) is 1.86. The summed E-state index contributed by atoms with van der Waals surface area (Å²) in [4.78, 5) is 32.7. The highest BCUT2D eigenvalue weighted by atomic mass is 19.2. The zero-order valence-corrected chi connectivity index (χ0v) is 16.8. The van der Waals surface area contributed by atoms with Gasteiger partial charge in [0.05, 0.1) is 11.4 Å². The number of halogens is 2. The van der Waals surface area contributed by atoms with E-state index in [0.29, 0.717) is 17.7 Å². The summed E-state index contributed by atoms with van der Waals surface area (Å²) in [5.74, 6) is -2.50. The number of nitrogens with one attached hydrogen (secondary N) is 2. The Morgan fingerprint density at radius 3 is 2.55 bits per heavy atom. The summed E-state index contributed by atoms with van der Waals surface area (Å²) in [5, 5.41) is 10.4. The topological polar surface area (TPSA) is 89.2 Å². The third-order valence-corrected chi connectivity index (χ3v) is 5.47. The molecule has 0 saturated heterocycles. The van der Waals surface area contributed by atoms with Gasteiger partial charge >= 0.3 is 0 Å². The Labute approximate surface area is 176 Å². The van der Waals surface area contributed by atoms with E-state index < -0.39 is 23.2 Å². The Morgan fingerprint density at radius 1 is 1.13 bits per heavy atom. The number of hydrogen-bond acceptors (Lipinski definition) is 3. The number of hydrogen-bond donors (Lipinski definition) is 3. The summed E-state index contributed by atoms with van der Waals surface area (Å²) in [7, 11) is 0. The van der Waals surface area contributed by atoms with Gasteiger partial charge in [-0.3, -0.25) is 9.59 Å². The molecule has 3 N–H and O–H groups in total. The number of aliphatic hydroxyl groups is 1. The number of benzene rings is 2. The van der Waals surface area contributed by atoms with E-state index in [1.807, 2.05) is 24.3 Å². The van der Waals surface area contributed by atoms with Gasteiger partial charge in [-0.2, -0.15) is 0 Å². The van der Waals surface area contributed by atoms with Crippen molar-refractivity contribution in [2.75, 3.05) is 13.2 Å². The third kappa shape index (κ3) is 3.82. The predicted octanol–water partition coefficient (Wildman–Crippen LogP) is 3.87. The van der Waals surface area contributed by atoms with Crippen LogP contribution in [0.2, 0.25) is 0 Å². The number of H-pyrrole nitrogens is 2. The molecule has 2 heterocycles. The molecule has 0 aliphatic rings. The van der Waals surface area contributed by atoms with Crippen LogP contribution < -0.4 is 5.56 Å². The van der Waals surface area contributed by atoms with E-state index in [1.165, 1.54) is 11.1 Å². The first-order valence-corrected chi connectivity index (χ1v) is 9.90. The second-order valence-electron chi connectivity index (χ2n) is 7.41. The van der Waals surface area contributed by atoms with E-state index in [4.69, 9.17) is 0 Å². The molecule has 31 heavy (non-hydrogen) atoms. The van der Waals surface area contributed by atoms with E-state index in [1.54, 1.807) is 13.0 Å². The highest BCUT2D eigenvalue weighted by molar-refractivity contribution is 5.98. The number of aromatic amines is 2. The van der Waals surface area contributed by atoms with E-state index in [0.717, 1.165) is 23.0 Å². The Morgan fingerprint density at radius 2 is 1.84 bits per heavy atom. The average molecular weight is 425 g/mol. The third-order valence-electron chi connectivity index (χ3n) is 5.47. The van der Waals surface area contributed by atoms with E-state index in [9.17, 15) is 23.5 Å². The second-order valence-corrected chi connectivity index (χ2v) is 7.41. The van der Waals surface area contributed by atoms with Gasteiger partial charge in [-0.1, -0.05) is 18.2 Å². The van der Waals surface area contributed by atoms with Crippen LogP contribution in [0.15, 0.2) is 53.5 Å². The second kappa shape index (κ2) is 8.31. The highest BCUT2D eigenvalue weighted by Gasteiger charge is 2.26. The Balaban J connectivity index is 1.79. The number of aromatic nitrogens is 2. The van der Waals surface area contributed by atoms with Crippen LogP contribution in [0.1, 0.15) is 35.4 Å². The lowest BCUT2D eigenvalue weighted by Gasteiger charge is -2.30. The van der Waals surface area contributed by atoms with Gasteiger partial charge in [-0.15, -0.1) is 0 Å². The molecular formula is C23H21F2N3O3. The van der Waals surface area contributed by atoms with Crippen LogP contribution in [-0.2, 0) is 0 Å². The number of pyridine rings is 1. The molecule has 6 nitrogen and oxygen atoms in total. The number of amides is 1. The molecule has 8 heteroatoms. The number of carbonyl (C=O) groups excluding carboxylic acids is 1. The number of aliphatic hydroxyl groups excluding tert-OH is 1. The van der Waals surface area contributed by atoms with Crippen LogP contribution in [0.4, 0.5) is 8.78 Å². The normalized spacial score (nSPS) is 12.4.